The topological polar surface area (TPSA) is 38.1 Å². The molecular formula is C17H17ClN2O. The fourth-order valence-corrected chi connectivity index (χ4v) is 2.74. The molecule has 0 spiro atoms. The van der Waals surface area contributed by atoms with Crippen molar-refractivity contribution in [3.8, 4) is 0 Å². The number of para-hydroxylation sites is 1. The fourth-order valence-electron chi connectivity index (χ4n) is 2.49. The molecule has 1 N–H and O–H groups in total. The Balaban J connectivity index is 1.74. The van der Waals surface area contributed by atoms with Crippen LogP contribution in [0.3, 0.4) is 0 Å². The molecule has 2 heterocycles. The molecule has 0 unspecified atom stereocenters. The minimum absolute atomic E-state index is 0.459. The number of nitrogens with one attached hydrogen (secondary N) is 1. The van der Waals surface area contributed by atoms with Crippen LogP contribution in [-0.4, -0.2) is 4.98 Å². The quantitative estimate of drug-likeness (QED) is 0.762. The summed E-state index contributed by atoms with van der Waals surface area (Å²) in [6.45, 7) is 3.52. The first-order chi connectivity index (χ1) is 10.3. The minimum Gasteiger partial charge on any atom is -0.444 e. The molecule has 3 aromatic rings. The summed E-state index contributed by atoms with van der Waals surface area (Å²) in [4.78, 5) is 4.43. The molecule has 3 rings (SSSR count). The number of benzene rings is 1. The third-order valence-corrected chi connectivity index (χ3v) is 3.91. The first-order valence-electron chi connectivity index (χ1n) is 7.09. The molecule has 2 aromatic heterocycles. The lowest BCUT2D eigenvalue weighted by molar-refractivity contribution is 0.602. The highest BCUT2D eigenvalue weighted by Crippen LogP contribution is 2.29. The van der Waals surface area contributed by atoms with Gasteiger partial charge < -0.3 is 9.73 Å². The van der Waals surface area contributed by atoms with Crippen LogP contribution in [0, 0.1) is 0 Å². The van der Waals surface area contributed by atoms with E-state index in [1.165, 1.54) is 5.56 Å². The zero-order chi connectivity index (χ0) is 14.7. The van der Waals surface area contributed by atoms with E-state index in [4.69, 9.17) is 16.0 Å². The van der Waals surface area contributed by atoms with E-state index in [0.29, 0.717) is 11.8 Å². The van der Waals surface area contributed by atoms with Gasteiger partial charge in [0.15, 0.2) is 5.22 Å². The molecule has 0 atom stereocenters. The van der Waals surface area contributed by atoms with Crippen molar-refractivity contribution in [1.82, 2.24) is 10.3 Å². The Labute approximate surface area is 128 Å². The molecule has 0 saturated heterocycles. The van der Waals surface area contributed by atoms with E-state index in [2.05, 4.69) is 23.3 Å². The van der Waals surface area contributed by atoms with E-state index in [1.807, 2.05) is 36.5 Å². The van der Waals surface area contributed by atoms with E-state index >= 15 is 0 Å². The van der Waals surface area contributed by atoms with Crippen molar-refractivity contribution < 1.29 is 4.42 Å². The number of halogens is 1. The second-order valence-corrected chi connectivity index (χ2v) is 5.26. The average Bonchev–Trinajstić information content (AvgIpc) is 2.84. The van der Waals surface area contributed by atoms with Crippen molar-refractivity contribution in [2.45, 2.75) is 26.4 Å². The number of hydrogen-bond donors (Lipinski definition) is 1. The van der Waals surface area contributed by atoms with Crippen LogP contribution in [0.5, 0.6) is 0 Å². The number of hydrogen-bond acceptors (Lipinski definition) is 3. The maximum absolute atomic E-state index is 6.19. The lowest BCUT2D eigenvalue weighted by Crippen LogP contribution is -2.15. The Hall–Kier alpha value is -1.84. The summed E-state index contributed by atoms with van der Waals surface area (Å²) in [6, 6.07) is 12.0. The standard InChI is InChI=1S/C17H17ClN2O/c1-2-12-6-5-9-20-15(12)11-19-10-14-13-7-3-4-8-16(13)21-17(14)18/h3-9,19H,2,10-11H2,1H3. The fraction of sp³-hybridized carbons (Fsp3) is 0.235. The van der Waals surface area contributed by atoms with E-state index in [9.17, 15) is 0 Å². The van der Waals surface area contributed by atoms with Crippen LogP contribution < -0.4 is 5.32 Å². The van der Waals surface area contributed by atoms with Gasteiger partial charge in [-0.1, -0.05) is 31.2 Å². The van der Waals surface area contributed by atoms with E-state index in [1.54, 1.807) is 0 Å². The van der Waals surface area contributed by atoms with Crippen molar-refractivity contribution >= 4 is 22.6 Å². The third kappa shape index (κ3) is 2.94. The maximum atomic E-state index is 6.19. The molecule has 0 bridgehead atoms. The Bertz CT molecular complexity index is 751. The first kappa shape index (κ1) is 14.1. The summed E-state index contributed by atoms with van der Waals surface area (Å²) in [5, 5.41) is 4.93. The summed E-state index contributed by atoms with van der Waals surface area (Å²) < 4.78 is 5.56. The predicted octanol–water partition coefficient (Wildman–Crippen LogP) is 4.33. The molecule has 1 aromatic carbocycles. The van der Waals surface area contributed by atoms with E-state index < -0.39 is 0 Å². The maximum Gasteiger partial charge on any atom is 0.199 e. The van der Waals surface area contributed by atoms with Crippen molar-refractivity contribution in [2.24, 2.45) is 0 Å². The van der Waals surface area contributed by atoms with Gasteiger partial charge in [0.1, 0.15) is 5.58 Å². The van der Waals surface area contributed by atoms with Gasteiger partial charge in [0, 0.05) is 30.2 Å². The van der Waals surface area contributed by atoms with Crippen LogP contribution in [-0.2, 0) is 19.5 Å². The highest BCUT2D eigenvalue weighted by atomic mass is 35.5. The molecule has 21 heavy (non-hydrogen) atoms. The van der Waals surface area contributed by atoms with Gasteiger partial charge in [0.05, 0.1) is 5.69 Å². The average molecular weight is 301 g/mol. The summed E-state index contributed by atoms with van der Waals surface area (Å²) in [6.07, 6.45) is 2.82. The minimum atomic E-state index is 0.459. The smallest absolute Gasteiger partial charge is 0.199 e. The Kier molecular flexibility index (Phi) is 4.23. The molecule has 0 radical (unpaired) electrons. The first-order valence-corrected chi connectivity index (χ1v) is 7.46. The molecule has 0 aliphatic rings. The molecule has 0 fully saturated rings. The molecule has 0 aliphatic heterocycles. The monoisotopic (exact) mass is 300 g/mol. The molecular weight excluding hydrogens is 284 g/mol. The summed E-state index contributed by atoms with van der Waals surface area (Å²) in [7, 11) is 0. The van der Waals surface area contributed by atoms with Gasteiger partial charge in [-0.15, -0.1) is 0 Å². The molecule has 0 aliphatic carbocycles. The largest absolute Gasteiger partial charge is 0.444 e. The van der Waals surface area contributed by atoms with E-state index in [-0.39, 0.29) is 0 Å². The number of rotatable bonds is 5. The number of aromatic nitrogens is 1. The van der Waals surface area contributed by atoms with Gasteiger partial charge in [0.25, 0.3) is 0 Å². The Morgan fingerprint density at radius 1 is 1.14 bits per heavy atom. The van der Waals surface area contributed by atoms with Crippen LogP contribution in [0.25, 0.3) is 11.0 Å². The van der Waals surface area contributed by atoms with Gasteiger partial charge in [-0.3, -0.25) is 4.98 Å². The van der Waals surface area contributed by atoms with Crippen LogP contribution in [0.15, 0.2) is 47.0 Å². The number of aryl methyl sites for hydroxylation is 1. The van der Waals surface area contributed by atoms with Crippen LogP contribution >= 0.6 is 11.6 Å². The molecule has 4 heteroatoms. The Morgan fingerprint density at radius 2 is 2.00 bits per heavy atom. The molecule has 108 valence electrons. The van der Waals surface area contributed by atoms with Crippen molar-refractivity contribution in [1.29, 1.82) is 0 Å². The van der Waals surface area contributed by atoms with E-state index in [0.717, 1.165) is 35.2 Å². The number of fused-ring (bicyclic) bond motifs is 1. The summed E-state index contributed by atoms with van der Waals surface area (Å²) in [5.41, 5.74) is 4.18. The van der Waals surface area contributed by atoms with Gasteiger partial charge in [0.2, 0.25) is 0 Å². The third-order valence-electron chi connectivity index (χ3n) is 3.61. The number of pyridine rings is 1. The van der Waals surface area contributed by atoms with Crippen LogP contribution in [0.1, 0.15) is 23.7 Å². The highest BCUT2D eigenvalue weighted by molar-refractivity contribution is 6.30. The second kappa shape index (κ2) is 6.29. The predicted molar refractivity (Wildman–Crippen MR) is 85.4 cm³/mol. The SMILES string of the molecule is CCc1cccnc1CNCc1c(Cl)oc2ccccc12. The molecule has 3 nitrogen and oxygen atoms in total. The zero-order valence-electron chi connectivity index (χ0n) is 11.9. The summed E-state index contributed by atoms with van der Waals surface area (Å²) in [5.74, 6) is 0. The molecule has 0 saturated carbocycles. The van der Waals surface area contributed by atoms with Crippen molar-refractivity contribution in [3.63, 3.8) is 0 Å². The normalized spacial score (nSPS) is 11.1. The van der Waals surface area contributed by atoms with Crippen molar-refractivity contribution in [2.75, 3.05) is 0 Å². The van der Waals surface area contributed by atoms with Gasteiger partial charge in [-0.2, -0.15) is 0 Å². The number of nitrogens with zero attached hydrogens (tertiary/aromatic N) is 1. The Morgan fingerprint density at radius 3 is 2.86 bits per heavy atom. The second-order valence-electron chi connectivity index (χ2n) is 4.92. The van der Waals surface area contributed by atoms with Crippen LogP contribution in [0.4, 0.5) is 0 Å². The van der Waals surface area contributed by atoms with Gasteiger partial charge in [-0.25, -0.2) is 0 Å². The summed E-state index contributed by atoms with van der Waals surface area (Å²) >= 11 is 6.19. The van der Waals surface area contributed by atoms with Gasteiger partial charge in [-0.05, 0) is 35.7 Å². The number of furan rings is 1. The molecule has 0 amide bonds. The van der Waals surface area contributed by atoms with Crippen LogP contribution in [0.2, 0.25) is 5.22 Å². The lowest BCUT2D eigenvalue weighted by Gasteiger charge is -2.07. The van der Waals surface area contributed by atoms with Gasteiger partial charge >= 0.3 is 0 Å². The lowest BCUT2D eigenvalue weighted by atomic mass is 10.1. The highest BCUT2D eigenvalue weighted by Gasteiger charge is 2.11. The van der Waals surface area contributed by atoms with Crippen molar-refractivity contribution in [3.05, 3.63) is 64.6 Å². The zero-order valence-corrected chi connectivity index (χ0v) is 12.7.